The monoisotopic (exact) mass is 323 g/mol. The van der Waals surface area contributed by atoms with Crippen molar-refractivity contribution in [3.8, 4) is 0 Å². The van der Waals surface area contributed by atoms with E-state index in [1.54, 1.807) is 0 Å². The molecule has 0 saturated heterocycles. The predicted octanol–water partition coefficient (Wildman–Crippen LogP) is 5.43. The summed E-state index contributed by atoms with van der Waals surface area (Å²) in [5, 5.41) is 0. The predicted molar refractivity (Wildman–Crippen MR) is 86.4 cm³/mol. The van der Waals surface area contributed by atoms with E-state index in [9.17, 15) is 0 Å². The number of hydrogen-bond donors (Lipinski definition) is 1. The van der Waals surface area contributed by atoms with Gasteiger partial charge in [-0.25, -0.2) is 0 Å². The standard InChI is InChI=1S/C17H26BrN/c1-12-11-16(18)13(2)10-15(12)17(19)9-8-14-6-4-3-5-7-14/h10-11,14,17H,3-9,19H2,1-2H3. The third-order valence-corrected chi connectivity index (χ3v) is 5.41. The Bertz CT molecular complexity index is 422. The molecule has 2 N–H and O–H groups in total. The summed E-state index contributed by atoms with van der Waals surface area (Å²) in [5.41, 5.74) is 10.3. The molecule has 0 aromatic heterocycles. The van der Waals surface area contributed by atoms with Gasteiger partial charge in [-0.1, -0.05) is 54.1 Å². The molecule has 0 bridgehead atoms. The molecule has 0 radical (unpaired) electrons. The molecule has 1 aromatic carbocycles. The van der Waals surface area contributed by atoms with Crippen LogP contribution in [-0.4, -0.2) is 0 Å². The SMILES string of the molecule is Cc1cc(C(N)CCC2CCCCC2)c(C)cc1Br. The molecule has 1 aliphatic rings. The van der Waals surface area contributed by atoms with Crippen LogP contribution in [0.25, 0.3) is 0 Å². The molecule has 1 fully saturated rings. The van der Waals surface area contributed by atoms with Crippen molar-refractivity contribution in [2.24, 2.45) is 11.7 Å². The van der Waals surface area contributed by atoms with Gasteiger partial charge in [-0.3, -0.25) is 0 Å². The Labute approximate surface area is 126 Å². The van der Waals surface area contributed by atoms with Gasteiger partial charge < -0.3 is 5.73 Å². The second-order valence-electron chi connectivity index (χ2n) is 6.15. The number of rotatable bonds is 4. The van der Waals surface area contributed by atoms with Gasteiger partial charge in [0.1, 0.15) is 0 Å². The molecule has 1 aromatic rings. The fraction of sp³-hybridized carbons (Fsp3) is 0.647. The van der Waals surface area contributed by atoms with E-state index in [4.69, 9.17) is 5.73 Å². The zero-order valence-electron chi connectivity index (χ0n) is 12.2. The normalized spacial score (nSPS) is 18.5. The number of hydrogen-bond acceptors (Lipinski definition) is 1. The summed E-state index contributed by atoms with van der Waals surface area (Å²) in [6.07, 6.45) is 9.57. The van der Waals surface area contributed by atoms with Crippen LogP contribution < -0.4 is 5.73 Å². The highest BCUT2D eigenvalue weighted by molar-refractivity contribution is 9.10. The molecule has 1 saturated carbocycles. The Balaban J connectivity index is 1.95. The van der Waals surface area contributed by atoms with Crippen molar-refractivity contribution in [3.05, 3.63) is 33.3 Å². The molecule has 1 unspecified atom stereocenters. The first-order valence-electron chi connectivity index (χ1n) is 7.60. The van der Waals surface area contributed by atoms with Crippen LogP contribution in [0.4, 0.5) is 0 Å². The van der Waals surface area contributed by atoms with Gasteiger partial charge in [0.05, 0.1) is 0 Å². The molecule has 0 amide bonds. The Hall–Kier alpha value is -0.340. The number of benzene rings is 1. The first-order valence-corrected chi connectivity index (χ1v) is 8.39. The third kappa shape index (κ3) is 4.06. The molecule has 0 spiro atoms. The van der Waals surface area contributed by atoms with Crippen molar-refractivity contribution < 1.29 is 0 Å². The third-order valence-electron chi connectivity index (χ3n) is 4.56. The van der Waals surface area contributed by atoms with Gasteiger partial charge in [0, 0.05) is 10.5 Å². The van der Waals surface area contributed by atoms with Crippen molar-refractivity contribution >= 4 is 15.9 Å². The molecule has 19 heavy (non-hydrogen) atoms. The van der Waals surface area contributed by atoms with Gasteiger partial charge in [0.25, 0.3) is 0 Å². The van der Waals surface area contributed by atoms with Crippen molar-refractivity contribution in [2.45, 2.75) is 64.8 Å². The molecule has 1 nitrogen and oxygen atoms in total. The molecule has 106 valence electrons. The lowest BCUT2D eigenvalue weighted by Crippen LogP contribution is -2.15. The van der Waals surface area contributed by atoms with Crippen LogP contribution in [-0.2, 0) is 0 Å². The molecule has 2 heteroatoms. The van der Waals surface area contributed by atoms with Crippen LogP contribution in [0.2, 0.25) is 0 Å². The molecule has 1 aliphatic carbocycles. The quantitative estimate of drug-likeness (QED) is 0.785. The Morgan fingerprint density at radius 3 is 2.53 bits per heavy atom. The minimum Gasteiger partial charge on any atom is -0.324 e. The molecule has 0 heterocycles. The van der Waals surface area contributed by atoms with Crippen LogP contribution in [0.1, 0.15) is 67.7 Å². The minimum atomic E-state index is 0.203. The van der Waals surface area contributed by atoms with Crippen molar-refractivity contribution in [1.29, 1.82) is 0 Å². The smallest absolute Gasteiger partial charge is 0.0297 e. The van der Waals surface area contributed by atoms with Crippen LogP contribution >= 0.6 is 15.9 Å². The van der Waals surface area contributed by atoms with E-state index in [2.05, 4.69) is 41.9 Å². The van der Waals surface area contributed by atoms with Gasteiger partial charge >= 0.3 is 0 Å². The summed E-state index contributed by atoms with van der Waals surface area (Å²) in [6, 6.07) is 4.66. The van der Waals surface area contributed by atoms with Crippen LogP contribution in [0.5, 0.6) is 0 Å². The van der Waals surface area contributed by atoms with Crippen LogP contribution in [0, 0.1) is 19.8 Å². The van der Waals surface area contributed by atoms with E-state index in [0.29, 0.717) is 0 Å². The lowest BCUT2D eigenvalue weighted by Gasteiger charge is -2.23. The minimum absolute atomic E-state index is 0.203. The second-order valence-corrected chi connectivity index (χ2v) is 7.00. The van der Waals surface area contributed by atoms with Gasteiger partial charge in [-0.05, 0) is 55.4 Å². The molecular formula is C17H26BrN. The van der Waals surface area contributed by atoms with Crippen LogP contribution in [0.15, 0.2) is 16.6 Å². The van der Waals surface area contributed by atoms with Crippen molar-refractivity contribution in [2.75, 3.05) is 0 Å². The van der Waals surface area contributed by atoms with Crippen molar-refractivity contribution in [3.63, 3.8) is 0 Å². The maximum atomic E-state index is 6.42. The van der Waals surface area contributed by atoms with Gasteiger partial charge in [0.2, 0.25) is 0 Å². The summed E-state index contributed by atoms with van der Waals surface area (Å²) in [4.78, 5) is 0. The fourth-order valence-corrected chi connectivity index (χ4v) is 3.71. The zero-order valence-corrected chi connectivity index (χ0v) is 13.8. The average Bonchev–Trinajstić information content (AvgIpc) is 2.41. The molecule has 0 aliphatic heterocycles. The average molecular weight is 324 g/mol. The summed E-state index contributed by atoms with van der Waals surface area (Å²) in [7, 11) is 0. The molecule has 1 atom stereocenters. The highest BCUT2D eigenvalue weighted by atomic mass is 79.9. The zero-order chi connectivity index (χ0) is 13.8. The maximum absolute atomic E-state index is 6.42. The topological polar surface area (TPSA) is 26.0 Å². The number of nitrogens with two attached hydrogens (primary N) is 1. The van der Waals surface area contributed by atoms with E-state index in [1.807, 2.05) is 0 Å². The Morgan fingerprint density at radius 1 is 1.16 bits per heavy atom. The van der Waals surface area contributed by atoms with Crippen LogP contribution in [0.3, 0.4) is 0 Å². The van der Waals surface area contributed by atoms with E-state index in [0.717, 1.165) is 12.3 Å². The summed E-state index contributed by atoms with van der Waals surface area (Å²) < 4.78 is 1.19. The van der Waals surface area contributed by atoms with E-state index < -0.39 is 0 Å². The fourth-order valence-electron chi connectivity index (χ4n) is 3.25. The number of halogens is 1. The van der Waals surface area contributed by atoms with Crippen molar-refractivity contribution in [1.82, 2.24) is 0 Å². The summed E-state index contributed by atoms with van der Waals surface area (Å²) in [5.74, 6) is 0.927. The summed E-state index contributed by atoms with van der Waals surface area (Å²) in [6.45, 7) is 4.31. The maximum Gasteiger partial charge on any atom is 0.0297 e. The Kier molecular flexibility index (Phi) is 5.47. The van der Waals surface area contributed by atoms with Gasteiger partial charge in [-0.2, -0.15) is 0 Å². The molecular weight excluding hydrogens is 298 g/mol. The lowest BCUT2D eigenvalue weighted by molar-refractivity contribution is 0.324. The van der Waals surface area contributed by atoms with E-state index >= 15 is 0 Å². The van der Waals surface area contributed by atoms with Gasteiger partial charge in [0.15, 0.2) is 0 Å². The Morgan fingerprint density at radius 2 is 1.84 bits per heavy atom. The van der Waals surface area contributed by atoms with E-state index in [-0.39, 0.29) is 6.04 Å². The second kappa shape index (κ2) is 6.90. The highest BCUT2D eigenvalue weighted by Gasteiger charge is 2.16. The van der Waals surface area contributed by atoms with E-state index in [1.165, 1.54) is 59.7 Å². The lowest BCUT2D eigenvalue weighted by atomic mass is 9.84. The first kappa shape index (κ1) is 15.1. The number of aryl methyl sites for hydroxylation is 2. The first-order chi connectivity index (χ1) is 9.08. The largest absolute Gasteiger partial charge is 0.324 e. The molecule has 2 rings (SSSR count). The summed E-state index contributed by atoms with van der Waals surface area (Å²) >= 11 is 3.59. The van der Waals surface area contributed by atoms with Gasteiger partial charge in [-0.15, -0.1) is 0 Å². The highest BCUT2D eigenvalue weighted by Crippen LogP contribution is 2.31.